The number of rotatable bonds is 4. The number of nitrogens with zero attached hydrogens (tertiary/aromatic N) is 1. The first-order valence-corrected chi connectivity index (χ1v) is 8.51. The first kappa shape index (κ1) is 14.0. The van der Waals surface area contributed by atoms with E-state index < -0.39 is 10.8 Å². The normalized spacial score (nSPS) is 18.5. The fourth-order valence-corrected chi connectivity index (χ4v) is 3.34. The van der Waals surface area contributed by atoms with Gasteiger partial charge in [0, 0.05) is 46.4 Å². The van der Waals surface area contributed by atoms with E-state index in [1.807, 2.05) is 0 Å². The fourth-order valence-electron chi connectivity index (χ4n) is 1.95. The summed E-state index contributed by atoms with van der Waals surface area (Å²) < 4.78 is 12.3. The molecular weight excluding hydrogens is 310 g/mol. The third-order valence-electron chi connectivity index (χ3n) is 3.06. The summed E-state index contributed by atoms with van der Waals surface area (Å²) in [5.74, 6) is 1.69. The van der Waals surface area contributed by atoms with E-state index in [1.165, 1.54) is 5.56 Å². The highest BCUT2D eigenvalue weighted by molar-refractivity contribution is 9.10. The maximum atomic E-state index is 11.2. The molecule has 0 unspecified atom stereocenters. The van der Waals surface area contributed by atoms with E-state index in [1.54, 1.807) is 0 Å². The Morgan fingerprint density at radius 1 is 1.22 bits per heavy atom. The number of benzene rings is 1. The van der Waals surface area contributed by atoms with Crippen LogP contribution in [0.1, 0.15) is 12.0 Å². The van der Waals surface area contributed by atoms with Crippen molar-refractivity contribution in [2.24, 2.45) is 0 Å². The molecule has 0 amide bonds. The first-order valence-electron chi connectivity index (χ1n) is 6.23. The van der Waals surface area contributed by atoms with E-state index in [2.05, 4.69) is 57.2 Å². The van der Waals surface area contributed by atoms with Crippen molar-refractivity contribution in [3.8, 4) is 0 Å². The Morgan fingerprint density at radius 3 is 2.56 bits per heavy atom. The molecule has 2 rings (SSSR count). The van der Waals surface area contributed by atoms with E-state index in [-0.39, 0.29) is 0 Å². The molecule has 1 heterocycles. The highest BCUT2D eigenvalue weighted by Crippen LogP contribution is 2.11. The molecule has 0 bridgehead atoms. The second kappa shape index (κ2) is 7.22. The van der Waals surface area contributed by atoms with Gasteiger partial charge in [0.2, 0.25) is 0 Å². The number of halogens is 1. The molecule has 1 aromatic rings. The molecule has 0 aliphatic carbocycles. The molecule has 18 heavy (non-hydrogen) atoms. The van der Waals surface area contributed by atoms with Crippen LogP contribution in [0.2, 0.25) is 0 Å². The van der Waals surface area contributed by atoms with Crippen molar-refractivity contribution in [2.75, 3.05) is 31.1 Å². The summed E-state index contributed by atoms with van der Waals surface area (Å²) in [5.41, 5.74) is 1.23. The Hall–Kier alpha value is -0.450. The van der Waals surface area contributed by atoms with E-state index >= 15 is 0 Å². The molecule has 0 aromatic heterocycles. The summed E-state index contributed by atoms with van der Waals surface area (Å²) >= 11 is 3.43. The van der Waals surface area contributed by atoms with E-state index in [4.69, 9.17) is 0 Å². The third-order valence-corrected chi connectivity index (χ3v) is 4.87. The molecule has 98 valence electrons. The Morgan fingerprint density at radius 2 is 1.89 bits per heavy atom. The summed E-state index contributed by atoms with van der Waals surface area (Å²) in [6, 6.07) is 8.31. The lowest BCUT2D eigenvalue weighted by Gasteiger charge is -2.25. The fraction of sp³-hybridized carbons (Fsp3) is 0.429. The van der Waals surface area contributed by atoms with Crippen LogP contribution in [0.4, 0.5) is 0 Å². The Kier molecular flexibility index (Phi) is 5.60. The molecule has 1 aliphatic heterocycles. The lowest BCUT2D eigenvalue weighted by molar-refractivity contribution is 0.305. The molecule has 0 spiro atoms. The second-order valence-corrected chi connectivity index (χ2v) is 7.04. The minimum Gasteiger partial charge on any atom is -0.301 e. The average molecular weight is 328 g/mol. The van der Waals surface area contributed by atoms with Crippen LogP contribution in [0.15, 0.2) is 34.8 Å². The number of hydrogen-bond acceptors (Lipinski definition) is 2. The molecule has 0 saturated carbocycles. The van der Waals surface area contributed by atoms with Crippen LogP contribution in [-0.2, 0) is 10.8 Å². The Labute approximate surface area is 120 Å². The van der Waals surface area contributed by atoms with Gasteiger partial charge in [0.15, 0.2) is 0 Å². The van der Waals surface area contributed by atoms with E-state index in [0.29, 0.717) is 0 Å². The SMILES string of the molecule is O=S1CCN(CCC=Cc2ccc(Br)cc2)CC1. The smallest absolute Gasteiger partial charge is 0.0363 e. The van der Waals surface area contributed by atoms with Gasteiger partial charge in [-0.3, -0.25) is 4.21 Å². The zero-order valence-corrected chi connectivity index (χ0v) is 12.8. The molecule has 2 nitrogen and oxygen atoms in total. The number of hydrogen-bond donors (Lipinski definition) is 0. The summed E-state index contributed by atoms with van der Waals surface area (Å²) in [6.45, 7) is 3.04. The van der Waals surface area contributed by atoms with Gasteiger partial charge in [0.25, 0.3) is 0 Å². The van der Waals surface area contributed by atoms with E-state index in [0.717, 1.165) is 42.0 Å². The zero-order chi connectivity index (χ0) is 12.8. The third kappa shape index (κ3) is 4.67. The molecule has 4 heteroatoms. The van der Waals surface area contributed by atoms with Crippen LogP contribution in [-0.4, -0.2) is 40.2 Å². The summed E-state index contributed by atoms with van der Waals surface area (Å²) in [4.78, 5) is 2.40. The van der Waals surface area contributed by atoms with Crippen molar-refractivity contribution in [3.63, 3.8) is 0 Å². The van der Waals surface area contributed by atoms with Crippen molar-refractivity contribution in [3.05, 3.63) is 40.4 Å². The summed E-state index contributed by atoms with van der Waals surface area (Å²) in [5, 5.41) is 0. The van der Waals surface area contributed by atoms with Crippen molar-refractivity contribution in [1.29, 1.82) is 0 Å². The van der Waals surface area contributed by atoms with Crippen LogP contribution >= 0.6 is 15.9 Å². The maximum absolute atomic E-state index is 11.2. The van der Waals surface area contributed by atoms with Gasteiger partial charge in [-0.25, -0.2) is 0 Å². The molecular formula is C14H18BrNOS. The second-order valence-electron chi connectivity index (χ2n) is 4.43. The van der Waals surface area contributed by atoms with Gasteiger partial charge in [-0.1, -0.05) is 40.2 Å². The molecule has 1 fully saturated rings. The van der Waals surface area contributed by atoms with Crippen LogP contribution in [0.5, 0.6) is 0 Å². The highest BCUT2D eigenvalue weighted by atomic mass is 79.9. The predicted molar refractivity (Wildman–Crippen MR) is 82.1 cm³/mol. The minimum atomic E-state index is -0.564. The van der Waals surface area contributed by atoms with Gasteiger partial charge >= 0.3 is 0 Å². The van der Waals surface area contributed by atoms with Gasteiger partial charge < -0.3 is 4.90 Å². The lowest BCUT2D eigenvalue weighted by atomic mass is 10.2. The lowest BCUT2D eigenvalue weighted by Crippen LogP contribution is -2.38. The van der Waals surface area contributed by atoms with Crippen LogP contribution in [0.25, 0.3) is 6.08 Å². The average Bonchev–Trinajstić information content (AvgIpc) is 2.39. The van der Waals surface area contributed by atoms with Crippen LogP contribution < -0.4 is 0 Å². The Balaban J connectivity index is 1.71. The largest absolute Gasteiger partial charge is 0.301 e. The van der Waals surface area contributed by atoms with Gasteiger partial charge in [-0.2, -0.15) is 0 Å². The Bertz CT molecular complexity index is 420. The van der Waals surface area contributed by atoms with E-state index in [9.17, 15) is 4.21 Å². The van der Waals surface area contributed by atoms with Gasteiger partial charge in [0.1, 0.15) is 0 Å². The van der Waals surface area contributed by atoms with Gasteiger partial charge in [-0.05, 0) is 24.1 Å². The molecule has 1 saturated heterocycles. The molecule has 0 atom stereocenters. The topological polar surface area (TPSA) is 20.3 Å². The van der Waals surface area contributed by atoms with Crippen LogP contribution in [0, 0.1) is 0 Å². The van der Waals surface area contributed by atoms with Crippen molar-refractivity contribution in [1.82, 2.24) is 4.90 Å². The first-order chi connectivity index (χ1) is 8.74. The molecule has 0 N–H and O–H groups in total. The maximum Gasteiger partial charge on any atom is 0.0363 e. The molecule has 1 aliphatic rings. The highest BCUT2D eigenvalue weighted by Gasteiger charge is 2.13. The minimum absolute atomic E-state index is 0.564. The van der Waals surface area contributed by atoms with Crippen molar-refractivity contribution in [2.45, 2.75) is 6.42 Å². The molecule has 0 radical (unpaired) electrons. The zero-order valence-electron chi connectivity index (χ0n) is 10.3. The van der Waals surface area contributed by atoms with Crippen molar-refractivity contribution < 1.29 is 4.21 Å². The summed E-state index contributed by atoms with van der Waals surface area (Å²) in [7, 11) is -0.564. The summed E-state index contributed by atoms with van der Waals surface area (Å²) in [6.07, 6.45) is 5.44. The quantitative estimate of drug-likeness (QED) is 0.847. The van der Waals surface area contributed by atoms with Gasteiger partial charge in [-0.15, -0.1) is 0 Å². The monoisotopic (exact) mass is 327 g/mol. The standard InChI is InChI=1S/C14H18BrNOS/c15-14-6-4-13(5-7-14)3-1-2-8-16-9-11-18(17)12-10-16/h1,3-7H,2,8-12H2. The molecule has 1 aromatic carbocycles. The van der Waals surface area contributed by atoms with Gasteiger partial charge in [0.05, 0.1) is 0 Å². The van der Waals surface area contributed by atoms with Crippen molar-refractivity contribution >= 4 is 32.8 Å². The predicted octanol–water partition coefficient (Wildman–Crippen LogP) is 2.92. The van der Waals surface area contributed by atoms with Crippen LogP contribution in [0.3, 0.4) is 0 Å².